The zero-order chi connectivity index (χ0) is 24.4. The summed E-state index contributed by atoms with van der Waals surface area (Å²) in [4.78, 5) is 0. The van der Waals surface area contributed by atoms with Crippen molar-refractivity contribution in [1.82, 2.24) is 0 Å². The summed E-state index contributed by atoms with van der Waals surface area (Å²) in [5.74, 6) is 2.52. The molecule has 188 valence electrons. The van der Waals surface area contributed by atoms with Crippen LogP contribution >= 0.6 is 0 Å². The Morgan fingerprint density at radius 3 is 2.06 bits per heavy atom. The van der Waals surface area contributed by atoms with E-state index in [1.807, 2.05) is 0 Å². The SMILES string of the molecule is C=C1[C@H](O)C[C@]2(C)CC[C@]3(C)[C@H](CC[C@@H]4[C@@]5(C)CC[C@H](O)C(C)(C)[C@]5(C)CC[C@]43C)[C@@H]2[C@@H]1C. The number of rotatable bonds is 0. The van der Waals surface area contributed by atoms with E-state index < -0.39 is 0 Å². The van der Waals surface area contributed by atoms with Gasteiger partial charge in [-0.3, -0.25) is 0 Å². The Morgan fingerprint density at radius 1 is 0.758 bits per heavy atom. The van der Waals surface area contributed by atoms with Crippen molar-refractivity contribution in [2.45, 2.75) is 125 Å². The normalized spacial score (nSPS) is 60.2. The highest BCUT2D eigenvalue weighted by atomic mass is 16.3. The van der Waals surface area contributed by atoms with Crippen LogP contribution in [0.1, 0.15) is 113 Å². The first-order valence-electron chi connectivity index (χ1n) is 14.1. The van der Waals surface area contributed by atoms with Gasteiger partial charge in [0.1, 0.15) is 0 Å². The van der Waals surface area contributed by atoms with Crippen molar-refractivity contribution in [3.8, 4) is 0 Å². The summed E-state index contributed by atoms with van der Waals surface area (Å²) >= 11 is 0. The van der Waals surface area contributed by atoms with E-state index >= 15 is 0 Å². The Hall–Kier alpha value is -0.340. The molecule has 5 rings (SSSR count). The van der Waals surface area contributed by atoms with Crippen LogP contribution in [0.15, 0.2) is 12.2 Å². The van der Waals surface area contributed by atoms with Crippen LogP contribution in [0.3, 0.4) is 0 Å². The summed E-state index contributed by atoms with van der Waals surface area (Å²) in [6.07, 6.45) is 10.3. The summed E-state index contributed by atoms with van der Waals surface area (Å²) in [7, 11) is 0. The van der Waals surface area contributed by atoms with Gasteiger partial charge in [-0.25, -0.2) is 0 Å². The van der Waals surface area contributed by atoms with Gasteiger partial charge in [0.05, 0.1) is 12.2 Å². The lowest BCUT2D eigenvalue weighted by Crippen LogP contribution is -2.70. The van der Waals surface area contributed by atoms with Gasteiger partial charge in [0.25, 0.3) is 0 Å². The first kappa shape index (κ1) is 24.4. The molecule has 0 spiro atoms. The third-order valence-electron chi connectivity index (χ3n) is 14.7. The number of hydrogen-bond acceptors (Lipinski definition) is 2. The van der Waals surface area contributed by atoms with Crippen LogP contribution in [0.25, 0.3) is 0 Å². The van der Waals surface area contributed by atoms with Crippen molar-refractivity contribution < 1.29 is 10.2 Å². The average molecular weight is 457 g/mol. The summed E-state index contributed by atoms with van der Waals surface area (Å²) in [5, 5.41) is 21.9. The smallest absolute Gasteiger partial charge is 0.0755 e. The zero-order valence-electron chi connectivity index (χ0n) is 22.9. The van der Waals surface area contributed by atoms with E-state index in [0.29, 0.717) is 22.7 Å². The van der Waals surface area contributed by atoms with Gasteiger partial charge in [-0.05, 0) is 120 Å². The minimum Gasteiger partial charge on any atom is -0.393 e. The molecule has 33 heavy (non-hydrogen) atoms. The van der Waals surface area contributed by atoms with E-state index in [1.54, 1.807) is 0 Å². The Bertz CT molecular complexity index is 846. The Labute approximate surface area is 204 Å². The van der Waals surface area contributed by atoms with Gasteiger partial charge in [0.2, 0.25) is 0 Å². The van der Waals surface area contributed by atoms with Crippen molar-refractivity contribution >= 4 is 0 Å². The quantitative estimate of drug-likeness (QED) is 0.373. The highest BCUT2D eigenvalue weighted by Gasteiger charge is 2.72. The second kappa shape index (κ2) is 6.90. The van der Waals surface area contributed by atoms with Crippen molar-refractivity contribution in [2.24, 2.45) is 56.2 Å². The summed E-state index contributed by atoms with van der Waals surface area (Å²) in [6, 6.07) is 0. The first-order chi connectivity index (χ1) is 15.1. The minimum atomic E-state index is -0.317. The highest BCUT2D eigenvalue weighted by molar-refractivity contribution is 5.24. The van der Waals surface area contributed by atoms with E-state index in [0.717, 1.165) is 30.3 Å². The zero-order valence-corrected chi connectivity index (χ0v) is 22.9. The van der Waals surface area contributed by atoms with Crippen LogP contribution in [0, 0.1) is 56.2 Å². The van der Waals surface area contributed by atoms with Gasteiger partial charge in [-0.1, -0.05) is 62.0 Å². The van der Waals surface area contributed by atoms with Crippen LogP contribution in [0.2, 0.25) is 0 Å². The molecule has 11 atom stereocenters. The molecule has 0 amide bonds. The molecule has 0 aliphatic heterocycles. The molecule has 5 aliphatic rings. The number of aliphatic hydroxyl groups excluding tert-OH is 2. The van der Waals surface area contributed by atoms with Gasteiger partial charge in [-0.15, -0.1) is 0 Å². The molecule has 0 heterocycles. The minimum absolute atomic E-state index is 0.0318. The predicted molar refractivity (Wildman–Crippen MR) is 137 cm³/mol. The molecular formula is C31H52O2. The molecule has 0 radical (unpaired) electrons. The Kier molecular flexibility index (Phi) is 5.10. The van der Waals surface area contributed by atoms with Crippen molar-refractivity contribution in [1.29, 1.82) is 0 Å². The molecule has 5 saturated carbocycles. The number of fused-ring (bicyclic) bond motifs is 7. The van der Waals surface area contributed by atoms with E-state index in [1.165, 1.54) is 44.9 Å². The van der Waals surface area contributed by atoms with Gasteiger partial charge in [0, 0.05) is 0 Å². The lowest BCUT2D eigenvalue weighted by Gasteiger charge is -2.76. The maximum Gasteiger partial charge on any atom is 0.0755 e. The van der Waals surface area contributed by atoms with Crippen LogP contribution in [0.5, 0.6) is 0 Å². The second-order valence-electron chi connectivity index (χ2n) is 15.4. The lowest BCUT2D eigenvalue weighted by molar-refractivity contribution is -0.283. The van der Waals surface area contributed by atoms with Crippen LogP contribution in [-0.2, 0) is 0 Å². The molecule has 0 aromatic heterocycles. The van der Waals surface area contributed by atoms with Gasteiger partial charge in [-0.2, -0.15) is 0 Å². The van der Waals surface area contributed by atoms with E-state index in [2.05, 4.69) is 62.0 Å². The molecule has 0 unspecified atom stereocenters. The Morgan fingerprint density at radius 2 is 1.39 bits per heavy atom. The fourth-order valence-electron chi connectivity index (χ4n) is 11.7. The summed E-state index contributed by atoms with van der Waals surface area (Å²) < 4.78 is 0. The third-order valence-corrected chi connectivity index (χ3v) is 14.7. The van der Waals surface area contributed by atoms with Crippen LogP contribution < -0.4 is 0 Å². The van der Waals surface area contributed by atoms with Crippen LogP contribution in [-0.4, -0.2) is 22.4 Å². The fourth-order valence-corrected chi connectivity index (χ4v) is 11.7. The third kappa shape index (κ3) is 2.64. The Balaban J connectivity index is 1.57. The molecule has 0 saturated heterocycles. The largest absolute Gasteiger partial charge is 0.393 e. The molecule has 2 N–H and O–H groups in total. The van der Waals surface area contributed by atoms with Gasteiger partial charge < -0.3 is 10.2 Å². The monoisotopic (exact) mass is 456 g/mol. The summed E-state index contributed by atoms with van der Waals surface area (Å²) in [5.41, 5.74) is 2.48. The molecule has 5 aliphatic carbocycles. The van der Waals surface area contributed by atoms with Crippen LogP contribution in [0.4, 0.5) is 0 Å². The molecule has 0 aromatic carbocycles. The topological polar surface area (TPSA) is 40.5 Å². The molecule has 5 fully saturated rings. The summed E-state index contributed by atoms with van der Waals surface area (Å²) in [6.45, 7) is 24.5. The number of aliphatic hydroxyl groups is 2. The first-order valence-corrected chi connectivity index (χ1v) is 14.1. The van der Waals surface area contributed by atoms with Crippen molar-refractivity contribution in [2.75, 3.05) is 0 Å². The molecule has 2 heteroatoms. The van der Waals surface area contributed by atoms with Gasteiger partial charge in [0.15, 0.2) is 0 Å². The maximum absolute atomic E-state index is 11.1. The van der Waals surface area contributed by atoms with E-state index in [9.17, 15) is 10.2 Å². The number of hydrogen-bond donors (Lipinski definition) is 2. The molecule has 2 nitrogen and oxygen atoms in total. The molecule has 0 bridgehead atoms. The van der Waals surface area contributed by atoms with E-state index in [4.69, 9.17) is 0 Å². The van der Waals surface area contributed by atoms with Crippen molar-refractivity contribution in [3.05, 3.63) is 12.2 Å². The van der Waals surface area contributed by atoms with E-state index in [-0.39, 0.29) is 33.9 Å². The highest BCUT2D eigenvalue weighted by Crippen LogP contribution is 2.79. The van der Waals surface area contributed by atoms with Crippen molar-refractivity contribution in [3.63, 3.8) is 0 Å². The average Bonchev–Trinajstić information content (AvgIpc) is 2.73. The predicted octanol–water partition coefficient (Wildman–Crippen LogP) is 7.39. The lowest BCUT2D eigenvalue weighted by atomic mass is 9.28. The second-order valence-corrected chi connectivity index (χ2v) is 15.4. The molecular weight excluding hydrogens is 404 g/mol. The maximum atomic E-state index is 11.1. The standard InChI is InChI=1S/C31H52O2/c1-19-20(2)25-21-10-11-23-29(7,28(21,6)15-14-27(25,5)18-22(19)32)16-17-31(9)26(3,4)24(33)12-13-30(23,31)8/h20-25,32-33H,1,10-18H2,2-9H3/t20-,21-,22-,23+,24+,25+,27+,28-,29-,30-,31+/m1/s1. The van der Waals surface area contributed by atoms with Gasteiger partial charge >= 0.3 is 0 Å². The molecule has 0 aromatic rings. The fraction of sp³-hybridized carbons (Fsp3) is 0.935.